The van der Waals surface area contributed by atoms with E-state index in [1.807, 2.05) is 6.07 Å². The van der Waals surface area contributed by atoms with Crippen molar-refractivity contribution in [3.8, 4) is 0 Å². The molecular formula is C12H16FN4Tl. The summed E-state index contributed by atoms with van der Waals surface area (Å²) in [6.07, 6.45) is 0.884. The molecule has 1 heterocycles. The number of hydrazone groups is 1. The van der Waals surface area contributed by atoms with Crippen LogP contribution < -0.4 is 10.7 Å². The van der Waals surface area contributed by atoms with Gasteiger partial charge in [-0.3, -0.25) is 0 Å². The summed E-state index contributed by atoms with van der Waals surface area (Å²) in [6, 6.07) is 5.11. The van der Waals surface area contributed by atoms with Crippen LogP contribution in [0.2, 0.25) is 0 Å². The second-order valence-corrected chi connectivity index (χ2v) is 6.60. The fourth-order valence-corrected chi connectivity index (χ4v) is 3.27. The zero-order valence-corrected chi connectivity index (χ0v) is 14.9. The Bertz CT molecular complexity index is 463. The molecule has 2 rings (SSSR count). The number of benzene rings is 1. The van der Waals surface area contributed by atoms with Crippen LogP contribution in [-0.4, -0.2) is 47.7 Å². The Morgan fingerprint density at radius 2 is 2.22 bits per heavy atom. The number of halogens is 1. The first kappa shape index (κ1) is 13.7. The number of nitrogens with zero attached hydrogens (tertiary/aromatic N) is 3. The standard InChI is InChI=1S/C12H16FN4.Tl/c1-2-12-15-5-6-17(16-12)11-4-3-9(8-14)7-10(11)13;/h3-4,7H,2,5-6,8,14H2,1H3;/q-1;+1. The molecule has 2 N–H and O–H groups in total. The molecule has 0 saturated carbocycles. The average molecular weight is 440 g/mol. The van der Waals surface area contributed by atoms with Crippen LogP contribution in [0.4, 0.5) is 10.1 Å². The van der Waals surface area contributed by atoms with Gasteiger partial charge in [0, 0.05) is 0 Å². The second kappa shape index (κ2) is 5.96. The summed E-state index contributed by atoms with van der Waals surface area (Å²) in [4.78, 5) is 0. The van der Waals surface area contributed by atoms with Gasteiger partial charge in [-0.1, -0.05) is 0 Å². The van der Waals surface area contributed by atoms with Gasteiger partial charge in [-0.05, 0) is 0 Å². The minimum absolute atomic E-state index is 0.249. The zero-order valence-electron chi connectivity index (χ0n) is 10.4. The summed E-state index contributed by atoms with van der Waals surface area (Å²) in [7, 11) is 0. The number of amidine groups is 1. The molecule has 0 spiro atoms. The Hall–Kier alpha value is -0.698. The predicted molar refractivity (Wildman–Crippen MR) is 71.8 cm³/mol. The molecule has 1 aliphatic heterocycles. The van der Waals surface area contributed by atoms with E-state index in [1.165, 1.54) is 6.07 Å². The van der Waals surface area contributed by atoms with E-state index in [0.29, 0.717) is 12.2 Å². The van der Waals surface area contributed by atoms with Crippen molar-refractivity contribution in [3.05, 3.63) is 29.6 Å². The van der Waals surface area contributed by atoms with E-state index in [9.17, 15) is 4.39 Å². The van der Waals surface area contributed by atoms with Crippen LogP contribution in [0.5, 0.6) is 0 Å². The third-order valence-corrected chi connectivity index (χ3v) is 5.12. The topological polar surface area (TPSA) is 44.9 Å². The normalized spacial score (nSPS) is 15.8. The molecule has 1 aliphatic rings. The van der Waals surface area contributed by atoms with E-state index >= 15 is 0 Å². The van der Waals surface area contributed by atoms with E-state index in [4.69, 9.17) is 5.73 Å². The Morgan fingerprint density at radius 3 is 2.83 bits per heavy atom. The molecule has 0 aliphatic carbocycles. The van der Waals surface area contributed by atoms with Crippen molar-refractivity contribution in [3.63, 3.8) is 0 Å². The average Bonchev–Trinajstić information content (AvgIpc) is 2.39. The molecule has 6 heteroatoms. The van der Waals surface area contributed by atoms with Crippen LogP contribution in [-0.2, 0) is 6.54 Å². The Balaban J connectivity index is 2.29. The maximum atomic E-state index is 14.0. The summed E-state index contributed by atoms with van der Waals surface area (Å²) < 4.78 is 16.2. The fraction of sp³-hybridized carbons (Fsp3) is 0.417. The number of anilines is 1. The number of nitrogens with two attached hydrogens (primary N) is 1. The minimum atomic E-state index is -0.249. The molecule has 0 radical (unpaired) electrons. The summed E-state index contributed by atoms with van der Waals surface area (Å²) in [6.45, 7) is 4.09. The van der Waals surface area contributed by atoms with Gasteiger partial charge in [-0.15, -0.1) is 0 Å². The van der Waals surface area contributed by atoms with Gasteiger partial charge in [0.05, 0.1) is 0 Å². The molecule has 0 fully saturated rings. The SMILES string of the molecule is CCC1=NN(c2ccc(CN)cc2F)CC[N]1[Tl]. The Morgan fingerprint density at radius 1 is 1.44 bits per heavy atom. The first-order valence-corrected chi connectivity index (χ1v) is 8.02. The van der Waals surface area contributed by atoms with E-state index < -0.39 is 0 Å². The molecule has 1 aromatic rings. The Kier molecular flexibility index (Phi) is 4.55. The van der Waals surface area contributed by atoms with E-state index in [2.05, 4.69) is 14.7 Å². The van der Waals surface area contributed by atoms with Gasteiger partial charge in [-0.2, -0.15) is 0 Å². The fourth-order valence-electron chi connectivity index (χ4n) is 1.91. The second-order valence-electron chi connectivity index (χ2n) is 4.18. The van der Waals surface area contributed by atoms with Gasteiger partial charge in [-0.25, -0.2) is 0 Å². The molecule has 0 unspecified atom stereocenters. The quantitative estimate of drug-likeness (QED) is 0.721. The van der Waals surface area contributed by atoms with Gasteiger partial charge in [0.25, 0.3) is 0 Å². The van der Waals surface area contributed by atoms with Crippen LogP contribution in [0.3, 0.4) is 0 Å². The molecule has 0 amide bonds. The zero-order chi connectivity index (χ0) is 13.1. The molecule has 0 aromatic heterocycles. The van der Waals surface area contributed by atoms with Gasteiger partial charge in [0.15, 0.2) is 0 Å². The molecule has 94 valence electrons. The van der Waals surface area contributed by atoms with Crippen LogP contribution in [0, 0.1) is 5.82 Å². The summed E-state index contributed by atoms with van der Waals surface area (Å²) >= 11 is 0.750. The molecule has 0 saturated heterocycles. The molecule has 18 heavy (non-hydrogen) atoms. The van der Waals surface area contributed by atoms with Crippen LogP contribution >= 0.6 is 0 Å². The third kappa shape index (κ3) is 2.82. The number of hydrogen-bond acceptors (Lipinski definition) is 4. The molecular weight excluding hydrogens is 424 g/mol. The first-order chi connectivity index (χ1) is 8.65. The van der Waals surface area contributed by atoms with Crippen molar-refractivity contribution in [2.45, 2.75) is 19.9 Å². The van der Waals surface area contributed by atoms with Crippen LogP contribution in [0.1, 0.15) is 18.9 Å². The summed E-state index contributed by atoms with van der Waals surface area (Å²) in [5.74, 6) is 0.801. The predicted octanol–water partition coefficient (Wildman–Crippen LogP) is 1.21. The van der Waals surface area contributed by atoms with Crippen molar-refractivity contribution < 1.29 is 4.39 Å². The summed E-state index contributed by atoms with van der Waals surface area (Å²) in [5.41, 5.74) is 6.84. The first-order valence-electron chi connectivity index (χ1n) is 6.01. The summed E-state index contributed by atoms with van der Waals surface area (Å²) in [5, 5.41) is 6.27. The molecule has 4 nitrogen and oxygen atoms in total. The number of rotatable bonds is 3. The van der Waals surface area contributed by atoms with E-state index in [0.717, 1.165) is 57.0 Å². The maximum absolute atomic E-state index is 14.0. The van der Waals surface area contributed by atoms with Crippen molar-refractivity contribution in [1.82, 2.24) is 2.71 Å². The molecule has 0 bridgehead atoms. The van der Waals surface area contributed by atoms with Crippen molar-refractivity contribution >= 4 is 37.6 Å². The molecule has 0 atom stereocenters. The number of hydrogen-bond donors (Lipinski definition) is 1. The van der Waals surface area contributed by atoms with Gasteiger partial charge in [0.2, 0.25) is 0 Å². The van der Waals surface area contributed by atoms with Crippen LogP contribution in [0.25, 0.3) is 0 Å². The van der Waals surface area contributed by atoms with Crippen molar-refractivity contribution in [1.29, 1.82) is 0 Å². The Labute approximate surface area is 123 Å². The van der Waals surface area contributed by atoms with E-state index in [-0.39, 0.29) is 5.82 Å². The van der Waals surface area contributed by atoms with Gasteiger partial charge >= 0.3 is 123 Å². The van der Waals surface area contributed by atoms with Crippen molar-refractivity contribution in [2.75, 3.05) is 18.1 Å². The molecule has 1 aromatic carbocycles. The third-order valence-electron chi connectivity index (χ3n) is 2.96. The van der Waals surface area contributed by atoms with Crippen LogP contribution in [0.15, 0.2) is 23.3 Å². The van der Waals surface area contributed by atoms with Gasteiger partial charge in [0.1, 0.15) is 0 Å². The van der Waals surface area contributed by atoms with Crippen molar-refractivity contribution in [2.24, 2.45) is 10.8 Å². The van der Waals surface area contributed by atoms with Gasteiger partial charge < -0.3 is 0 Å². The monoisotopic (exact) mass is 440 g/mol. The van der Waals surface area contributed by atoms with E-state index in [1.54, 1.807) is 11.1 Å².